The number of fused-ring (bicyclic) bond motifs is 1. The van der Waals surface area contributed by atoms with Crippen molar-refractivity contribution in [2.24, 2.45) is 0 Å². The normalized spacial score (nSPS) is 10.2. The quantitative estimate of drug-likeness (QED) is 0.702. The average Bonchev–Trinajstić information content (AvgIpc) is 2.89. The molecule has 0 atom stereocenters. The molecule has 86 valence electrons. The van der Waals surface area contributed by atoms with E-state index in [1.807, 2.05) is 17.5 Å². The van der Waals surface area contributed by atoms with Crippen LogP contribution in [-0.4, -0.2) is 9.97 Å². The first kappa shape index (κ1) is 10.7. The molecule has 0 saturated carbocycles. The minimum absolute atomic E-state index is 0.476. The van der Waals surface area contributed by atoms with Crippen LogP contribution in [0.25, 0.3) is 10.2 Å². The highest BCUT2D eigenvalue weighted by atomic mass is 32.1. The minimum Gasteiger partial charge on any atom is -0.437 e. The van der Waals surface area contributed by atoms with Gasteiger partial charge in [-0.2, -0.15) is 5.26 Å². The summed E-state index contributed by atoms with van der Waals surface area (Å²) in [7, 11) is 0. The largest absolute Gasteiger partial charge is 0.437 e. The number of nitriles is 1. The molecular formula is C13H7N3OS. The summed E-state index contributed by atoms with van der Waals surface area (Å²) in [5, 5.41) is 11.8. The van der Waals surface area contributed by atoms with Crippen molar-refractivity contribution in [3.63, 3.8) is 0 Å². The Kier molecular flexibility index (Phi) is 2.63. The van der Waals surface area contributed by atoms with Crippen LogP contribution in [0.3, 0.4) is 0 Å². The van der Waals surface area contributed by atoms with Gasteiger partial charge >= 0.3 is 0 Å². The van der Waals surface area contributed by atoms with Gasteiger partial charge in [0.2, 0.25) is 5.88 Å². The minimum atomic E-state index is 0.476. The van der Waals surface area contributed by atoms with E-state index in [1.165, 1.54) is 17.7 Å². The summed E-state index contributed by atoms with van der Waals surface area (Å²) in [6.45, 7) is 0. The summed E-state index contributed by atoms with van der Waals surface area (Å²) in [6, 6.07) is 11.1. The highest BCUT2D eigenvalue weighted by molar-refractivity contribution is 7.16. The van der Waals surface area contributed by atoms with E-state index in [0.717, 1.165) is 10.2 Å². The highest BCUT2D eigenvalue weighted by Crippen LogP contribution is 2.30. The molecule has 3 aromatic rings. The zero-order chi connectivity index (χ0) is 12.4. The third kappa shape index (κ3) is 1.79. The zero-order valence-corrected chi connectivity index (χ0v) is 10.0. The Bertz CT molecular complexity index is 745. The Labute approximate surface area is 107 Å². The van der Waals surface area contributed by atoms with E-state index in [0.29, 0.717) is 17.2 Å². The second kappa shape index (κ2) is 4.43. The fourth-order valence-corrected chi connectivity index (χ4v) is 2.32. The predicted octanol–water partition coefficient (Wildman–Crippen LogP) is 3.36. The molecule has 0 amide bonds. The molecule has 0 fully saturated rings. The summed E-state index contributed by atoms with van der Waals surface area (Å²) in [5.41, 5.74) is 0.486. The molecule has 0 aliphatic heterocycles. The van der Waals surface area contributed by atoms with Crippen molar-refractivity contribution in [1.82, 2.24) is 9.97 Å². The maximum absolute atomic E-state index is 9.01. The molecule has 2 heterocycles. The molecule has 0 radical (unpaired) electrons. The number of nitrogens with zero attached hydrogens (tertiary/aromatic N) is 3. The lowest BCUT2D eigenvalue weighted by Gasteiger charge is -2.06. The van der Waals surface area contributed by atoms with E-state index in [1.54, 1.807) is 18.2 Å². The van der Waals surface area contributed by atoms with Gasteiger partial charge in [-0.05, 0) is 23.6 Å². The number of benzene rings is 1. The lowest BCUT2D eigenvalue weighted by molar-refractivity contribution is 0.467. The van der Waals surface area contributed by atoms with E-state index in [-0.39, 0.29) is 0 Å². The highest BCUT2D eigenvalue weighted by Gasteiger charge is 2.09. The van der Waals surface area contributed by atoms with Crippen molar-refractivity contribution >= 4 is 21.6 Å². The Morgan fingerprint density at radius 3 is 2.94 bits per heavy atom. The molecular weight excluding hydrogens is 246 g/mol. The molecule has 0 aliphatic carbocycles. The van der Waals surface area contributed by atoms with Gasteiger partial charge in [-0.25, -0.2) is 9.97 Å². The van der Waals surface area contributed by atoms with E-state index >= 15 is 0 Å². The van der Waals surface area contributed by atoms with Gasteiger partial charge in [0.1, 0.15) is 23.0 Å². The molecule has 2 aromatic heterocycles. The van der Waals surface area contributed by atoms with Crippen molar-refractivity contribution in [3.05, 3.63) is 47.6 Å². The van der Waals surface area contributed by atoms with Gasteiger partial charge in [0.15, 0.2) is 0 Å². The lowest BCUT2D eigenvalue weighted by Crippen LogP contribution is -1.91. The van der Waals surface area contributed by atoms with Crippen LogP contribution >= 0.6 is 11.3 Å². The van der Waals surface area contributed by atoms with Crippen LogP contribution in [0.5, 0.6) is 11.6 Å². The van der Waals surface area contributed by atoms with Crippen molar-refractivity contribution in [1.29, 1.82) is 5.26 Å². The molecule has 5 heteroatoms. The maximum Gasteiger partial charge on any atom is 0.231 e. The zero-order valence-electron chi connectivity index (χ0n) is 9.20. The number of ether oxygens (including phenoxy) is 1. The SMILES string of the molecule is N#Cc1ccccc1Oc1ncnc2sccc12. The van der Waals surface area contributed by atoms with Crippen LogP contribution in [0.1, 0.15) is 5.56 Å². The monoisotopic (exact) mass is 253 g/mol. The topological polar surface area (TPSA) is 58.8 Å². The van der Waals surface area contributed by atoms with Crippen LogP contribution < -0.4 is 4.74 Å². The number of hydrogen-bond donors (Lipinski definition) is 0. The predicted molar refractivity (Wildman–Crippen MR) is 68.6 cm³/mol. The van der Waals surface area contributed by atoms with E-state index in [2.05, 4.69) is 16.0 Å². The number of thiophene rings is 1. The van der Waals surface area contributed by atoms with Crippen LogP contribution in [0, 0.1) is 11.3 Å². The van der Waals surface area contributed by atoms with Crippen LogP contribution in [0.2, 0.25) is 0 Å². The standard InChI is InChI=1S/C13H7N3OS/c14-7-9-3-1-2-4-11(9)17-12-10-5-6-18-13(10)16-8-15-12/h1-6,8H. The first-order chi connectivity index (χ1) is 8.88. The van der Waals surface area contributed by atoms with Crippen LogP contribution in [0.15, 0.2) is 42.0 Å². The van der Waals surface area contributed by atoms with Gasteiger partial charge in [0.25, 0.3) is 0 Å². The summed E-state index contributed by atoms with van der Waals surface area (Å²) < 4.78 is 5.71. The average molecular weight is 253 g/mol. The second-order valence-electron chi connectivity index (χ2n) is 3.53. The van der Waals surface area contributed by atoms with Crippen molar-refractivity contribution in [3.8, 4) is 17.7 Å². The molecule has 4 nitrogen and oxygen atoms in total. The Morgan fingerprint density at radius 1 is 1.17 bits per heavy atom. The molecule has 0 spiro atoms. The number of rotatable bonds is 2. The summed E-state index contributed by atoms with van der Waals surface area (Å²) in [5.74, 6) is 0.982. The van der Waals surface area contributed by atoms with Crippen LogP contribution in [-0.2, 0) is 0 Å². The van der Waals surface area contributed by atoms with Crippen molar-refractivity contribution in [2.75, 3.05) is 0 Å². The molecule has 0 N–H and O–H groups in total. The van der Waals surface area contributed by atoms with Gasteiger partial charge in [-0.1, -0.05) is 12.1 Å². The Balaban J connectivity index is 2.07. The van der Waals surface area contributed by atoms with E-state index in [9.17, 15) is 0 Å². The lowest BCUT2D eigenvalue weighted by atomic mass is 10.2. The maximum atomic E-state index is 9.01. The van der Waals surface area contributed by atoms with Crippen molar-refractivity contribution < 1.29 is 4.74 Å². The number of hydrogen-bond acceptors (Lipinski definition) is 5. The summed E-state index contributed by atoms with van der Waals surface area (Å²) in [4.78, 5) is 9.13. The molecule has 18 heavy (non-hydrogen) atoms. The first-order valence-corrected chi connectivity index (χ1v) is 6.11. The van der Waals surface area contributed by atoms with E-state index < -0.39 is 0 Å². The van der Waals surface area contributed by atoms with Gasteiger partial charge in [0.05, 0.1) is 10.9 Å². The third-order valence-electron chi connectivity index (χ3n) is 2.44. The van der Waals surface area contributed by atoms with Gasteiger partial charge in [-0.15, -0.1) is 11.3 Å². The smallest absolute Gasteiger partial charge is 0.231 e. The molecule has 1 aromatic carbocycles. The number of aromatic nitrogens is 2. The fourth-order valence-electron chi connectivity index (χ4n) is 1.60. The summed E-state index contributed by atoms with van der Waals surface area (Å²) in [6.07, 6.45) is 1.46. The second-order valence-corrected chi connectivity index (χ2v) is 4.42. The van der Waals surface area contributed by atoms with Gasteiger partial charge in [-0.3, -0.25) is 0 Å². The van der Waals surface area contributed by atoms with Gasteiger partial charge in [0, 0.05) is 0 Å². The molecule has 0 aliphatic rings. The number of para-hydroxylation sites is 1. The first-order valence-electron chi connectivity index (χ1n) is 5.23. The molecule has 0 bridgehead atoms. The van der Waals surface area contributed by atoms with Crippen LogP contribution in [0.4, 0.5) is 0 Å². The fraction of sp³-hybridized carbons (Fsp3) is 0. The summed E-state index contributed by atoms with van der Waals surface area (Å²) >= 11 is 1.53. The Morgan fingerprint density at radius 2 is 2.06 bits per heavy atom. The van der Waals surface area contributed by atoms with E-state index in [4.69, 9.17) is 10.00 Å². The Hall–Kier alpha value is -2.45. The molecule has 0 unspecified atom stereocenters. The molecule has 3 rings (SSSR count). The van der Waals surface area contributed by atoms with Gasteiger partial charge < -0.3 is 4.74 Å². The van der Waals surface area contributed by atoms with Crippen molar-refractivity contribution in [2.45, 2.75) is 0 Å². The third-order valence-corrected chi connectivity index (χ3v) is 3.26. The molecule has 0 saturated heterocycles.